The molecule has 0 radical (unpaired) electrons. The topological polar surface area (TPSA) is 89.7 Å². The molecular formula is C26H19FN4O4. The van der Waals surface area contributed by atoms with Crippen LogP contribution < -0.4 is 19.7 Å². The van der Waals surface area contributed by atoms with E-state index in [0.29, 0.717) is 45.4 Å². The van der Waals surface area contributed by atoms with E-state index >= 15 is 0 Å². The molecule has 9 heteroatoms. The summed E-state index contributed by atoms with van der Waals surface area (Å²) in [5.74, 6) is 1.49. The van der Waals surface area contributed by atoms with Crippen molar-refractivity contribution in [1.29, 1.82) is 0 Å². The first-order valence-corrected chi connectivity index (χ1v) is 10.9. The molecule has 2 aliphatic heterocycles. The Balaban J connectivity index is 1.47. The highest BCUT2D eigenvalue weighted by Gasteiger charge is 2.36. The summed E-state index contributed by atoms with van der Waals surface area (Å²) >= 11 is 0. The third-order valence-electron chi connectivity index (χ3n) is 5.99. The van der Waals surface area contributed by atoms with Crippen molar-refractivity contribution >= 4 is 17.3 Å². The number of halogens is 1. The van der Waals surface area contributed by atoms with E-state index in [4.69, 9.17) is 14.0 Å². The van der Waals surface area contributed by atoms with Crippen LogP contribution in [0.4, 0.5) is 14.9 Å². The van der Waals surface area contributed by atoms with Gasteiger partial charge in [-0.1, -0.05) is 35.5 Å². The monoisotopic (exact) mass is 470 g/mol. The summed E-state index contributed by atoms with van der Waals surface area (Å²) in [5, 5.41) is 7.18. The normalized spacial score (nSPS) is 17.0. The maximum absolute atomic E-state index is 13.6. The summed E-state index contributed by atoms with van der Waals surface area (Å²) in [6.07, 6.45) is 0. The highest BCUT2D eigenvalue weighted by molar-refractivity contribution is 6.01. The molecule has 0 saturated carbocycles. The molecule has 0 spiro atoms. The van der Waals surface area contributed by atoms with Gasteiger partial charge in [-0.3, -0.25) is 4.90 Å². The first-order valence-electron chi connectivity index (χ1n) is 10.9. The Bertz CT molecular complexity index is 1450. The second-order valence-electron chi connectivity index (χ2n) is 8.10. The van der Waals surface area contributed by atoms with Gasteiger partial charge in [0.25, 0.3) is 5.89 Å². The van der Waals surface area contributed by atoms with Crippen LogP contribution in [0.25, 0.3) is 17.0 Å². The van der Waals surface area contributed by atoms with E-state index < -0.39 is 6.04 Å². The van der Waals surface area contributed by atoms with E-state index in [0.717, 1.165) is 0 Å². The predicted molar refractivity (Wildman–Crippen MR) is 125 cm³/mol. The van der Waals surface area contributed by atoms with Crippen LogP contribution in [0.2, 0.25) is 0 Å². The molecule has 1 unspecified atom stereocenters. The first-order chi connectivity index (χ1) is 17.1. The zero-order valence-electron chi connectivity index (χ0n) is 18.6. The van der Waals surface area contributed by atoms with Crippen molar-refractivity contribution in [3.8, 4) is 22.9 Å². The molecule has 6 rings (SSSR count). The Labute approximate surface area is 199 Å². The van der Waals surface area contributed by atoms with Crippen LogP contribution in [0.1, 0.15) is 24.4 Å². The van der Waals surface area contributed by atoms with Gasteiger partial charge in [-0.25, -0.2) is 9.18 Å². The number of carbonyl (C=O) groups excluding carboxylic acids is 1. The number of rotatable bonds is 4. The van der Waals surface area contributed by atoms with Crippen molar-refractivity contribution in [2.24, 2.45) is 0 Å². The number of nitrogens with one attached hydrogen (secondary N) is 1. The Morgan fingerprint density at radius 1 is 1.00 bits per heavy atom. The minimum atomic E-state index is -0.617. The number of benzene rings is 3. The van der Waals surface area contributed by atoms with Crippen LogP contribution in [0, 0.1) is 5.82 Å². The van der Waals surface area contributed by atoms with Crippen LogP contribution >= 0.6 is 0 Å². The van der Waals surface area contributed by atoms with Crippen LogP contribution in [-0.2, 0) is 0 Å². The highest BCUT2D eigenvalue weighted by atomic mass is 19.1. The zero-order valence-corrected chi connectivity index (χ0v) is 18.6. The molecule has 35 heavy (non-hydrogen) atoms. The second kappa shape index (κ2) is 8.28. The lowest BCUT2D eigenvalue weighted by Crippen LogP contribution is -2.46. The third-order valence-corrected chi connectivity index (χ3v) is 5.99. The zero-order chi connectivity index (χ0) is 23.9. The van der Waals surface area contributed by atoms with Crippen molar-refractivity contribution in [1.82, 2.24) is 15.5 Å². The van der Waals surface area contributed by atoms with Crippen molar-refractivity contribution in [3.05, 3.63) is 95.8 Å². The second-order valence-corrected chi connectivity index (χ2v) is 8.10. The van der Waals surface area contributed by atoms with Gasteiger partial charge < -0.3 is 19.3 Å². The largest absolute Gasteiger partial charge is 0.454 e. The summed E-state index contributed by atoms with van der Waals surface area (Å²) in [5.41, 5.74) is 3.30. The maximum Gasteiger partial charge on any atom is 0.326 e. The summed E-state index contributed by atoms with van der Waals surface area (Å²) in [6, 6.07) is 19.7. The number of ether oxygens (including phenoxy) is 2. The van der Waals surface area contributed by atoms with Crippen molar-refractivity contribution in [3.63, 3.8) is 0 Å². The van der Waals surface area contributed by atoms with Crippen molar-refractivity contribution < 1.29 is 23.2 Å². The average Bonchev–Trinajstić information content (AvgIpc) is 3.54. The van der Waals surface area contributed by atoms with E-state index in [-0.39, 0.29) is 24.5 Å². The Morgan fingerprint density at radius 2 is 1.77 bits per heavy atom. The molecule has 8 nitrogen and oxygen atoms in total. The molecule has 2 aliphatic rings. The Hall–Kier alpha value is -4.66. The maximum atomic E-state index is 13.6. The summed E-state index contributed by atoms with van der Waals surface area (Å²) in [4.78, 5) is 19.4. The number of urea groups is 1. The molecule has 2 amide bonds. The fourth-order valence-corrected chi connectivity index (χ4v) is 4.30. The summed E-state index contributed by atoms with van der Waals surface area (Å²) in [6.45, 7) is 1.98. The fraction of sp³-hybridized carbons (Fsp3) is 0.115. The van der Waals surface area contributed by atoms with Gasteiger partial charge in [0.15, 0.2) is 11.5 Å². The molecule has 174 valence electrons. The van der Waals surface area contributed by atoms with Crippen molar-refractivity contribution in [2.45, 2.75) is 13.0 Å². The molecule has 3 heterocycles. The first kappa shape index (κ1) is 20.9. The van der Waals surface area contributed by atoms with Gasteiger partial charge in [-0.15, -0.1) is 0 Å². The molecule has 0 saturated heterocycles. The standard InChI is InChI=1S/C26H19FN4O4/c1-15-22(25-29-24(30-35-25)17-9-12-20-21(13-17)34-14-33-20)23(16-7-10-18(27)11-8-16)28-26(32)31(15)19-5-3-2-4-6-19/h2-13,23H,14H2,1H3,(H,28,32). The van der Waals surface area contributed by atoms with E-state index in [9.17, 15) is 9.18 Å². The van der Waals surface area contributed by atoms with Gasteiger partial charge in [-0.05, 0) is 55.0 Å². The van der Waals surface area contributed by atoms with Gasteiger partial charge >= 0.3 is 6.03 Å². The lowest BCUT2D eigenvalue weighted by atomic mass is 9.94. The lowest BCUT2D eigenvalue weighted by Gasteiger charge is -2.35. The molecule has 1 N–H and O–H groups in total. The Kier molecular flexibility index (Phi) is 4.95. The number of aromatic nitrogens is 2. The van der Waals surface area contributed by atoms with Gasteiger partial charge in [0.05, 0.1) is 17.3 Å². The lowest BCUT2D eigenvalue weighted by molar-refractivity contribution is 0.174. The van der Waals surface area contributed by atoms with E-state index in [1.165, 1.54) is 12.1 Å². The number of hydrogen-bond acceptors (Lipinski definition) is 6. The van der Waals surface area contributed by atoms with E-state index in [1.54, 1.807) is 29.2 Å². The fourth-order valence-electron chi connectivity index (χ4n) is 4.30. The number of amides is 2. The number of para-hydroxylation sites is 1. The highest BCUT2D eigenvalue weighted by Crippen LogP contribution is 2.40. The number of fused-ring (bicyclic) bond motifs is 1. The number of allylic oxidation sites excluding steroid dienone is 1. The number of nitrogens with zero attached hydrogens (tertiary/aromatic N) is 3. The van der Waals surface area contributed by atoms with Crippen molar-refractivity contribution in [2.75, 3.05) is 11.7 Å². The van der Waals surface area contributed by atoms with Crippen LogP contribution in [0.3, 0.4) is 0 Å². The Morgan fingerprint density at radius 3 is 2.57 bits per heavy atom. The van der Waals surface area contributed by atoms with Gasteiger partial charge in [0.2, 0.25) is 12.6 Å². The van der Waals surface area contributed by atoms with Crippen LogP contribution in [-0.4, -0.2) is 23.0 Å². The number of anilines is 1. The molecule has 0 bridgehead atoms. The molecule has 0 aliphatic carbocycles. The van der Waals surface area contributed by atoms with E-state index in [1.807, 2.05) is 43.3 Å². The minimum Gasteiger partial charge on any atom is -0.454 e. The number of carbonyl (C=O) groups is 1. The molecule has 4 aromatic rings. The SMILES string of the molecule is CC1=C(c2nc(-c3ccc4c(c3)OCO4)no2)C(c2ccc(F)cc2)NC(=O)N1c1ccccc1. The summed E-state index contributed by atoms with van der Waals surface area (Å²) < 4.78 is 30.2. The van der Waals surface area contributed by atoms with Gasteiger partial charge in [0.1, 0.15) is 5.82 Å². The quantitative estimate of drug-likeness (QED) is 0.435. The van der Waals surface area contributed by atoms with Crippen LogP contribution in [0.5, 0.6) is 11.5 Å². The van der Waals surface area contributed by atoms with Gasteiger partial charge in [0, 0.05) is 11.3 Å². The molecule has 3 aromatic carbocycles. The third kappa shape index (κ3) is 3.67. The van der Waals surface area contributed by atoms with E-state index in [2.05, 4.69) is 15.5 Å². The smallest absolute Gasteiger partial charge is 0.326 e. The molecule has 1 atom stereocenters. The molecular weight excluding hydrogens is 451 g/mol. The van der Waals surface area contributed by atoms with Gasteiger partial charge in [-0.2, -0.15) is 4.98 Å². The minimum absolute atomic E-state index is 0.163. The average molecular weight is 470 g/mol. The summed E-state index contributed by atoms with van der Waals surface area (Å²) in [7, 11) is 0. The van der Waals surface area contributed by atoms with Crippen LogP contribution in [0.15, 0.2) is 83.0 Å². The number of hydrogen-bond donors (Lipinski definition) is 1. The predicted octanol–water partition coefficient (Wildman–Crippen LogP) is 5.31. The molecule has 0 fully saturated rings. The molecule has 1 aromatic heterocycles.